The normalized spacial score (nSPS) is 20.4. The number of hydrogen-bond donors (Lipinski definition) is 2. The number of carbonyl (C=O) groups is 1. The summed E-state index contributed by atoms with van der Waals surface area (Å²) in [5, 5.41) is 11.5. The van der Waals surface area contributed by atoms with Gasteiger partial charge in [-0.25, -0.2) is 18.4 Å². The Morgan fingerprint density at radius 1 is 1.07 bits per heavy atom. The number of hydrazine groups is 1. The number of halogens is 2. The summed E-state index contributed by atoms with van der Waals surface area (Å²) < 4.78 is 39.0. The van der Waals surface area contributed by atoms with Gasteiger partial charge in [-0.1, -0.05) is 47.5 Å². The lowest BCUT2D eigenvalue weighted by Gasteiger charge is -2.32. The molecule has 43 heavy (non-hydrogen) atoms. The highest BCUT2D eigenvalue weighted by molar-refractivity contribution is 7.91. The minimum atomic E-state index is -3.77. The Hall–Kier alpha value is -3.15. The highest BCUT2D eigenvalue weighted by atomic mass is 35.5. The molecule has 0 aromatic heterocycles. The molecule has 2 aliphatic rings. The maximum absolute atomic E-state index is 14.3. The Balaban J connectivity index is 1.56. The molecular formula is C31H33Cl2N3O6S. The molecule has 5 rings (SSSR count). The summed E-state index contributed by atoms with van der Waals surface area (Å²) in [6.45, 7) is 1.73. The van der Waals surface area contributed by atoms with Crippen molar-refractivity contribution in [1.29, 1.82) is 0 Å². The lowest BCUT2D eigenvalue weighted by Crippen LogP contribution is -2.54. The zero-order valence-electron chi connectivity index (χ0n) is 23.4. The average Bonchev–Trinajstić information content (AvgIpc) is 3.66. The van der Waals surface area contributed by atoms with E-state index in [-0.39, 0.29) is 34.6 Å². The van der Waals surface area contributed by atoms with Gasteiger partial charge in [0.1, 0.15) is 5.75 Å². The van der Waals surface area contributed by atoms with Gasteiger partial charge in [-0.2, -0.15) is 0 Å². The van der Waals surface area contributed by atoms with Crippen LogP contribution in [0.2, 0.25) is 10.0 Å². The van der Waals surface area contributed by atoms with Gasteiger partial charge in [0, 0.05) is 53.7 Å². The predicted octanol–water partition coefficient (Wildman–Crippen LogP) is 5.00. The molecular weight excluding hydrogens is 613 g/mol. The third-order valence-electron chi connectivity index (χ3n) is 7.49. The summed E-state index contributed by atoms with van der Waals surface area (Å²) in [7, 11) is -3.77. The molecule has 1 saturated heterocycles. The third kappa shape index (κ3) is 7.16. The fraction of sp³-hybridized carbons (Fsp3) is 0.355. The summed E-state index contributed by atoms with van der Waals surface area (Å²) in [5.74, 6) is -0.0662. The summed E-state index contributed by atoms with van der Waals surface area (Å²) in [4.78, 5) is 19.3. The number of aliphatic hydroxyl groups is 1. The van der Waals surface area contributed by atoms with Crippen molar-refractivity contribution in [1.82, 2.24) is 10.4 Å². The number of aliphatic hydroxyl groups excluding tert-OH is 1. The van der Waals surface area contributed by atoms with Crippen molar-refractivity contribution in [3.05, 3.63) is 94.0 Å². The number of rotatable bonds is 12. The van der Waals surface area contributed by atoms with Crippen molar-refractivity contribution in [2.45, 2.75) is 42.2 Å². The van der Waals surface area contributed by atoms with E-state index in [1.807, 2.05) is 5.01 Å². The monoisotopic (exact) mass is 645 g/mol. The van der Waals surface area contributed by atoms with E-state index in [0.29, 0.717) is 48.0 Å². The second-order valence-corrected chi connectivity index (χ2v) is 13.4. The second kappa shape index (κ2) is 13.7. The van der Waals surface area contributed by atoms with Crippen LogP contribution in [-0.2, 0) is 19.4 Å². The van der Waals surface area contributed by atoms with E-state index in [9.17, 15) is 13.2 Å². The van der Waals surface area contributed by atoms with Gasteiger partial charge in [0.25, 0.3) is 5.91 Å². The van der Waals surface area contributed by atoms with Gasteiger partial charge in [0.05, 0.1) is 17.3 Å². The number of nitrogens with zero attached hydrogens (tertiary/aromatic N) is 2. The summed E-state index contributed by atoms with van der Waals surface area (Å²) in [5.41, 5.74) is 2.34. The van der Waals surface area contributed by atoms with Gasteiger partial charge >= 0.3 is 0 Å². The quantitative estimate of drug-likeness (QED) is 0.266. The molecule has 3 aromatic rings. The van der Waals surface area contributed by atoms with Crippen LogP contribution in [0.4, 0.5) is 0 Å². The number of hydrogen-bond acceptors (Lipinski definition) is 8. The van der Waals surface area contributed by atoms with E-state index in [0.717, 1.165) is 12.8 Å². The highest BCUT2D eigenvalue weighted by Crippen LogP contribution is 2.45. The molecule has 2 aliphatic heterocycles. The van der Waals surface area contributed by atoms with Gasteiger partial charge in [-0.15, -0.1) is 0 Å². The third-order valence-corrected chi connectivity index (χ3v) is 9.79. The van der Waals surface area contributed by atoms with Crippen LogP contribution >= 0.6 is 23.2 Å². The van der Waals surface area contributed by atoms with Crippen LogP contribution in [0.5, 0.6) is 5.75 Å². The molecule has 3 aromatic carbocycles. The van der Waals surface area contributed by atoms with E-state index in [1.54, 1.807) is 60.7 Å². The standard InChI is InChI=1S/C31H33Cl2N3O6S/c32-23-11-14-26(27(33)21-23)28-31(30(38)35-36-16-4-5-17-36,15-20-43(39,40)25-7-2-1-3-8-25)34-29(42-28)22-9-12-24(13-10-22)41-19-6-18-37/h1-3,7-14,21,28,37H,4-6,15-20H2,(H,35,38)/t28-,31-/m0/s1. The van der Waals surface area contributed by atoms with Crippen molar-refractivity contribution in [3.63, 3.8) is 0 Å². The molecule has 0 bridgehead atoms. The molecule has 0 saturated carbocycles. The lowest BCUT2D eigenvalue weighted by atomic mass is 9.85. The number of aliphatic imine (C=N–C) groups is 1. The number of ether oxygens (including phenoxy) is 2. The molecule has 228 valence electrons. The number of benzene rings is 3. The first kappa shape index (κ1) is 31.3. The number of carbonyl (C=O) groups excluding carboxylic acids is 1. The molecule has 1 fully saturated rings. The molecule has 0 unspecified atom stereocenters. The Labute approximate surface area is 261 Å². The zero-order valence-corrected chi connectivity index (χ0v) is 25.7. The maximum atomic E-state index is 14.3. The van der Waals surface area contributed by atoms with Crippen LogP contribution in [0.1, 0.15) is 42.9 Å². The van der Waals surface area contributed by atoms with Crippen LogP contribution < -0.4 is 10.2 Å². The van der Waals surface area contributed by atoms with Crippen molar-refractivity contribution < 1.29 is 27.8 Å². The first-order valence-corrected chi connectivity index (χ1v) is 16.5. The van der Waals surface area contributed by atoms with E-state index in [2.05, 4.69) is 5.43 Å². The van der Waals surface area contributed by atoms with Crippen molar-refractivity contribution in [2.75, 3.05) is 32.1 Å². The zero-order chi connectivity index (χ0) is 30.5. The van der Waals surface area contributed by atoms with Crippen LogP contribution in [0, 0.1) is 0 Å². The van der Waals surface area contributed by atoms with Crippen LogP contribution in [0.25, 0.3) is 0 Å². The fourth-order valence-electron chi connectivity index (χ4n) is 5.17. The molecule has 1 amide bonds. The molecule has 2 N–H and O–H groups in total. The lowest BCUT2D eigenvalue weighted by molar-refractivity contribution is -0.133. The van der Waals surface area contributed by atoms with Gasteiger partial charge in [-0.05, 0) is 61.4 Å². The smallest absolute Gasteiger partial charge is 0.266 e. The largest absolute Gasteiger partial charge is 0.494 e. The maximum Gasteiger partial charge on any atom is 0.266 e. The van der Waals surface area contributed by atoms with E-state index in [4.69, 9.17) is 42.8 Å². The Bertz CT molecular complexity index is 1560. The molecule has 0 radical (unpaired) electrons. The number of amides is 1. The second-order valence-electron chi connectivity index (χ2n) is 10.5. The Kier molecular flexibility index (Phi) is 9.93. The predicted molar refractivity (Wildman–Crippen MR) is 165 cm³/mol. The van der Waals surface area contributed by atoms with Gasteiger partial charge in [-0.3, -0.25) is 10.2 Å². The van der Waals surface area contributed by atoms with Gasteiger partial charge in [0.15, 0.2) is 21.5 Å². The van der Waals surface area contributed by atoms with Crippen LogP contribution in [0.15, 0.2) is 82.7 Å². The Morgan fingerprint density at radius 2 is 1.79 bits per heavy atom. The first-order valence-electron chi connectivity index (χ1n) is 14.1. The first-order chi connectivity index (χ1) is 20.7. The molecule has 12 heteroatoms. The molecule has 2 atom stereocenters. The number of nitrogens with one attached hydrogen (secondary N) is 1. The topological polar surface area (TPSA) is 118 Å². The van der Waals surface area contributed by atoms with E-state index >= 15 is 0 Å². The molecule has 0 aliphatic carbocycles. The molecule has 2 heterocycles. The fourth-order valence-corrected chi connectivity index (χ4v) is 7.06. The van der Waals surface area contributed by atoms with E-state index in [1.165, 1.54) is 12.1 Å². The molecule has 9 nitrogen and oxygen atoms in total. The number of sulfone groups is 1. The van der Waals surface area contributed by atoms with Crippen molar-refractivity contribution in [2.24, 2.45) is 4.99 Å². The minimum absolute atomic E-state index is 0.0267. The summed E-state index contributed by atoms with van der Waals surface area (Å²) in [6.07, 6.45) is 1.15. The van der Waals surface area contributed by atoms with Gasteiger partial charge < -0.3 is 14.6 Å². The van der Waals surface area contributed by atoms with Gasteiger partial charge in [0.2, 0.25) is 5.90 Å². The van der Waals surface area contributed by atoms with Crippen molar-refractivity contribution in [3.8, 4) is 5.75 Å². The van der Waals surface area contributed by atoms with Crippen molar-refractivity contribution >= 4 is 44.8 Å². The van der Waals surface area contributed by atoms with Crippen LogP contribution in [0.3, 0.4) is 0 Å². The minimum Gasteiger partial charge on any atom is -0.494 e. The SMILES string of the molecule is O=C(NN1CCCC1)[C@@]1(CCS(=O)(=O)c2ccccc2)N=C(c2ccc(OCCCO)cc2)O[C@H]1c1ccc(Cl)cc1Cl. The molecule has 0 spiro atoms. The van der Waals surface area contributed by atoms with Crippen LogP contribution in [-0.4, -0.2) is 67.9 Å². The van der Waals surface area contributed by atoms with E-state index < -0.39 is 27.4 Å². The average molecular weight is 647 g/mol. The Morgan fingerprint density at radius 3 is 2.47 bits per heavy atom. The summed E-state index contributed by atoms with van der Waals surface area (Å²) in [6, 6.07) is 20.0. The summed E-state index contributed by atoms with van der Waals surface area (Å²) >= 11 is 12.9. The highest BCUT2D eigenvalue weighted by Gasteiger charge is 2.54.